The average Bonchev–Trinajstić information content (AvgIpc) is 2.59. The smallest absolute Gasteiger partial charge is 0.320 e. The lowest BCUT2D eigenvalue weighted by molar-refractivity contribution is 0.252. The number of hydrogen-bond donors (Lipinski definition) is 4. The molecule has 0 radical (unpaired) electrons. The van der Waals surface area contributed by atoms with Crippen molar-refractivity contribution in [2.24, 2.45) is 0 Å². The van der Waals surface area contributed by atoms with E-state index in [0.29, 0.717) is 34.9 Å². The van der Waals surface area contributed by atoms with Crippen LogP contribution in [0.1, 0.15) is 12.5 Å². The van der Waals surface area contributed by atoms with Gasteiger partial charge >= 0.3 is 6.03 Å². The lowest BCUT2D eigenvalue weighted by Gasteiger charge is -2.10. The first-order chi connectivity index (χ1) is 12.1. The molecule has 3 rings (SSSR count). The van der Waals surface area contributed by atoms with Gasteiger partial charge in [0.25, 0.3) is 0 Å². The number of aromatic hydroxyl groups is 1. The van der Waals surface area contributed by atoms with E-state index in [9.17, 15) is 9.90 Å². The third-order valence-electron chi connectivity index (χ3n) is 3.55. The zero-order chi connectivity index (χ0) is 17.8. The molecule has 1 aromatic carbocycles. The summed E-state index contributed by atoms with van der Waals surface area (Å²) in [5, 5.41) is 18.2. The third-order valence-corrected chi connectivity index (χ3v) is 3.55. The van der Waals surface area contributed by atoms with Gasteiger partial charge in [-0.3, -0.25) is 5.32 Å². The molecule has 0 saturated carbocycles. The van der Waals surface area contributed by atoms with E-state index in [1.54, 1.807) is 37.4 Å². The van der Waals surface area contributed by atoms with Crippen LogP contribution in [0.5, 0.6) is 5.75 Å². The van der Waals surface area contributed by atoms with E-state index in [1.807, 2.05) is 13.0 Å². The highest BCUT2D eigenvalue weighted by Gasteiger charge is 2.08. The minimum absolute atomic E-state index is 0.199. The number of carbonyl (C=O) groups excluding carboxylic acids is 1. The lowest BCUT2D eigenvalue weighted by atomic mass is 10.2. The van der Waals surface area contributed by atoms with Gasteiger partial charge in [0.15, 0.2) is 11.5 Å². The number of nitrogens with one attached hydrogen (secondary N) is 3. The zero-order valence-corrected chi connectivity index (χ0v) is 13.9. The Bertz CT molecular complexity index is 928. The van der Waals surface area contributed by atoms with Gasteiger partial charge in [-0.1, -0.05) is 6.07 Å². The van der Waals surface area contributed by atoms with Crippen LogP contribution in [-0.2, 0) is 0 Å². The molecule has 0 aliphatic carbocycles. The van der Waals surface area contributed by atoms with Crippen molar-refractivity contribution in [3.05, 3.63) is 42.1 Å². The summed E-state index contributed by atoms with van der Waals surface area (Å²) >= 11 is 0. The van der Waals surface area contributed by atoms with Gasteiger partial charge in [-0.2, -0.15) is 0 Å². The Kier molecular flexibility index (Phi) is 4.60. The molecule has 0 bridgehead atoms. The predicted octanol–water partition coefficient (Wildman–Crippen LogP) is 2.92. The third kappa shape index (κ3) is 3.74. The van der Waals surface area contributed by atoms with Crippen molar-refractivity contribution in [1.82, 2.24) is 20.3 Å². The van der Waals surface area contributed by atoms with Crippen LogP contribution in [0.4, 0.5) is 22.1 Å². The highest BCUT2D eigenvalue weighted by Crippen LogP contribution is 2.26. The summed E-state index contributed by atoms with van der Waals surface area (Å²) in [7, 11) is 0. The molecular formula is C17H18N6O2. The lowest BCUT2D eigenvalue weighted by Crippen LogP contribution is -2.28. The second-order valence-corrected chi connectivity index (χ2v) is 5.35. The number of carbonyl (C=O) groups is 1. The number of fused-ring (bicyclic) bond motifs is 1. The summed E-state index contributed by atoms with van der Waals surface area (Å²) in [6, 6.07) is 8.27. The Morgan fingerprint density at radius 1 is 1.16 bits per heavy atom. The number of amides is 2. The number of hydrogen-bond acceptors (Lipinski definition) is 6. The van der Waals surface area contributed by atoms with Crippen molar-refractivity contribution in [2.45, 2.75) is 13.8 Å². The largest absolute Gasteiger partial charge is 0.508 e. The number of pyridine rings is 1. The topological polar surface area (TPSA) is 112 Å². The van der Waals surface area contributed by atoms with E-state index in [4.69, 9.17) is 0 Å². The summed E-state index contributed by atoms with van der Waals surface area (Å²) in [5.41, 5.74) is 2.45. The number of nitrogens with zero attached hydrogens (tertiary/aromatic N) is 3. The molecule has 8 nitrogen and oxygen atoms in total. The highest BCUT2D eigenvalue weighted by molar-refractivity contribution is 5.89. The number of urea groups is 1. The molecule has 0 spiro atoms. The fraction of sp³-hybridized carbons (Fsp3) is 0.176. The maximum atomic E-state index is 11.6. The second kappa shape index (κ2) is 7.00. The SMILES string of the molecule is CCNC(=O)Nc1ccc2ncc(Nc3cccc(O)c3C)nc2n1. The van der Waals surface area contributed by atoms with Crippen LogP contribution in [0.25, 0.3) is 11.2 Å². The van der Waals surface area contributed by atoms with Gasteiger partial charge in [0.2, 0.25) is 0 Å². The molecule has 8 heteroatoms. The average molecular weight is 338 g/mol. The molecule has 128 valence electrons. The van der Waals surface area contributed by atoms with Gasteiger partial charge in [0.1, 0.15) is 17.1 Å². The minimum atomic E-state index is -0.327. The molecule has 0 aliphatic rings. The van der Waals surface area contributed by atoms with Gasteiger partial charge in [-0.15, -0.1) is 0 Å². The highest BCUT2D eigenvalue weighted by atomic mass is 16.3. The van der Waals surface area contributed by atoms with Crippen LogP contribution in [0, 0.1) is 6.92 Å². The van der Waals surface area contributed by atoms with Crippen molar-refractivity contribution < 1.29 is 9.90 Å². The van der Waals surface area contributed by atoms with E-state index in [2.05, 4.69) is 30.9 Å². The molecule has 2 aromatic heterocycles. The second-order valence-electron chi connectivity index (χ2n) is 5.35. The first-order valence-electron chi connectivity index (χ1n) is 7.81. The summed E-state index contributed by atoms with van der Waals surface area (Å²) in [6.07, 6.45) is 1.59. The van der Waals surface area contributed by atoms with Crippen molar-refractivity contribution >= 4 is 34.5 Å². The molecule has 0 aliphatic heterocycles. The fourth-order valence-electron chi connectivity index (χ4n) is 2.25. The van der Waals surface area contributed by atoms with Crippen LogP contribution in [0.3, 0.4) is 0 Å². The molecule has 2 heterocycles. The predicted molar refractivity (Wildman–Crippen MR) is 96.2 cm³/mol. The molecule has 25 heavy (non-hydrogen) atoms. The van der Waals surface area contributed by atoms with E-state index >= 15 is 0 Å². The van der Waals surface area contributed by atoms with Gasteiger partial charge in [0, 0.05) is 17.8 Å². The molecule has 0 unspecified atom stereocenters. The van der Waals surface area contributed by atoms with Crippen LogP contribution in [0.15, 0.2) is 36.5 Å². The Morgan fingerprint density at radius 3 is 2.76 bits per heavy atom. The minimum Gasteiger partial charge on any atom is -0.508 e. The number of aromatic nitrogens is 3. The maximum Gasteiger partial charge on any atom is 0.320 e. The molecular weight excluding hydrogens is 320 g/mol. The molecule has 0 fully saturated rings. The number of phenols is 1. The molecule has 0 saturated heterocycles. The Labute approximate surface area is 144 Å². The van der Waals surface area contributed by atoms with Gasteiger partial charge in [-0.05, 0) is 38.1 Å². The standard InChI is InChI=1S/C17H18N6O2/c1-3-18-17(25)23-14-8-7-12-16(21-14)22-15(9-19-12)20-11-5-4-6-13(24)10(11)2/h4-9,24H,3H2,1-2H3,(H3,18,20,21,22,23,25). The summed E-state index contributed by atoms with van der Waals surface area (Å²) in [5.74, 6) is 1.08. The van der Waals surface area contributed by atoms with Gasteiger partial charge in [-0.25, -0.2) is 19.7 Å². The summed E-state index contributed by atoms with van der Waals surface area (Å²) in [6.45, 7) is 4.16. The normalized spacial score (nSPS) is 10.5. The Morgan fingerprint density at radius 2 is 1.96 bits per heavy atom. The first-order valence-corrected chi connectivity index (χ1v) is 7.81. The van der Waals surface area contributed by atoms with Crippen molar-refractivity contribution in [3.63, 3.8) is 0 Å². The number of phenolic OH excluding ortho intramolecular Hbond substituents is 1. The number of benzene rings is 1. The van der Waals surface area contributed by atoms with Crippen LogP contribution >= 0.6 is 0 Å². The maximum absolute atomic E-state index is 11.6. The molecule has 3 aromatic rings. The van der Waals surface area contributed by atoms with Crippen molar-refractivity contribution in [3.8, 4) is 5.75 Å². The van der Waals surface area contributed by atoms with Gasteiger partial charge in [0.05, 0.1) is 6.20 Å². The molecule has 2 amide bonds. The van der Waals surface area contributed by atoms with Crippen LogP contribution in [-0.4, -0.2) is 32.6 Å². The van der Waals surface area contributed by atoms with Crippen molar-refractivity contribution in [2.75, 3.05) is 17.2 Å². The zero-order valence-electron chi connectivity index (χ0n) is 13.9. The van der Waals surface area contributed by atoms with E-state index < -0.39 is 0 Å². The summed E-state index contributed by atoms with van der Waals surface area (Å²) < 4.78 is 0. The van der Waals surface area contributed by atoms with Crippen LogP contribution < -0.4 is 16.0 Å². The van der Waals surface area contributed by atoms with Crippen molar-refractivity contribution in [1.29, 1.82) is 0 Å². The monoisotopic (exact) mass is 338 g/mol. The Balaban J connectivity index is 1.87. The molecule has 4 N–H and O–H groups in total. The first kappa shape index (κ1) is 16.4. The van der Waals surface area contributed by atoms with E-state index in [-0.39, 0.29) is 11.8 Å². The number of rotatable bonds is 4. The molecule has 0 atom stereocenters. The number of anilines is 3. The Hall–Kier alpha value is -3.42. The van der Waals surface area contributed by atoms with Crippen LogP contribution in [0.2, 0.25) is 0 Å². The van der Waals surface area contributed by atoms with E-state index in [0.717, 1.165) is 5.69 Å². The van der Waals surface area contributed by atoms with E-state index in [1.165, 1.54) is 0 Å². The fourth-order valence-corrected chi connectivity index (χ4v) is 2.25. The van der Waals surface area contributed by atoms with Gasteiger partial charge < -0.3 is 15.7 Å². The quantitative estimate of drug-likeness (QED) is 0.582. The summed E-state index contributed by atoms with van der Waals surface area (Å²) in [4.78, 5) is 24.6.